The lowest BCUT2D eigenvalue weighted by Crippen LogP contribution is -2.36. The van der Waals surface area contributed by atoms with Gasteiger partial charge in [-0.15, -0.1) is 0 Å². The molecular formula is C12H24N2O. The Morgan fingerprint density at radius 3 is 2.53 bits per heavy atom. The molecule has 0 aliphatic carbocycles. The summed E-state index contributed by atoms with van der Waals surface area (Å²) in [4.78, 5) is 11.6. The molecule has 2 atom stereocenters. The molecule has 0 aromatic carbocycles. The lowest BCUT2D eigenvalue weighted by Gasteiger charge is -2.19. The van der Waals surface area contributed by atoms with Gasteiger partial charge in [0.05, 0.1) is 0 Å². The van der Waals surface area contributed by atoms with Crippen LogP contribution in [0.1, 0.15) is 34.1 Å². The van der Waals surface area contributed by atoms with Crippen molar-refractivity contribution in [2.45, 2.75) is 34.1 Å². The van der Waals surface area contributed by atoms with Crippen molar-refractivity contribution in [3.8, 4) is 0 Å². The van der Waals surface area contributed by atoms with E-state index < -0.39 is 0 Å². The Morgan fingerprint density at radius 1 is 1.40 bits per heavy atom. The van der Waals surface area contributed by atoms with E-state index in [-0.39, 0.29) is 11.3 Å². The Labute approximate surface area is 93.0 Å². The van der Waals surface area contributed by atoms with E-state index in [2.05, 4.69) is 17.6 Å². The second-order valence-electron chi connectivity index (χ2n) is 5.69. The van der Waals surface area contributed by atoms with Crippen LogP contribution in [-0.4, -0.2) is 25.5 Å². The standard InChI is InChI=1S/C12H24N2O/c1-9-7-13-8-10(9)5-6-14-11(15)12(2,3)4/h9-10,13H,5-8H2,1-4H3,(H,14,15)/t9-,10-/m1/s1. The van der Waals surface area contributed by atoms with Crippen molar-refractivity contribution >= 4 is 5.91 Å². The number of carbonyl (C=O) groups excluding carboxylic acids is 1. The maximum absolute atomic E-state index is 11.6. The fraction of sp³-hybridized carbons (Fsp3) is 0.917. The summed E-state index contributed by atoms with van der Waals surface area (Å²) < 4.78 is 0. The van der Waals surface area contributed by atoms with Crippen molar-refractivity contribution < 1.29 is 4.79 Å². The summed E-state index contributed by atoms with van der Waals surface area (Å²) in [6.07, 6.45) is 1.09. The highest BCUT2D eigenvalue weighted by Gasteiger charge is 2.24. The van der Waals surface area contributed by atoms with Gasteiger partial charge in [0.2, 0.25) is 5.91 Å². The van der Waals surface area contributed by atoms with Gasteiger partial charge in [0, 0.05) is 12.0 Å². The topological polar surface area (TPSA) is 41.1 Å². The van der Waals surface area contributed by atoms with Crippen molar-refractivity contribution in [2.75, 3.05) is 19.6 Å². The van der Waals surface area contributed by atoms with Crippen LogP contribution in [0.2, 0.25) is 0 Å². The van der Waals surface area contributed by atoms with Gasteiger partial charge in [0.15, 0.2) is 0 Å². The van der Waals surface area contributed by atoms with Crippen molar-refractivity contribution in [1.82, 2.24) is 10.6 Å². The zero-order valence-corrected chi connectivity index (χ0v) is 10.4. The van der Waals surface area contributed by atoms with Crippen LogP contribution in [0.4, 0.5) is 0 Å². The van der Waals surface area contributed by atoms with Crippen LogP contribution in [0.25, 0.3) is 0 Å². The van der Waals surface area contributed by atoms with Crippen LogP contribution in [0.5, 0.6) is 0 Å². The zero-order valence-electron chi connectivity index (χ0n) is 10.4. The summed E-state index contributed by atoms with van der Waals surface area (Å²) in [6, 6.07) is 0. The average Bonchev–Trinajstić information content (AvgIpc) is 2.50. The minimum Gasteiger partial charge on any atom is -0.356 e. The van der Waals surface area contributed by atoms with Crippen LogP contribution < -0.4 is 10.6 Å². The third-order valence-electron chi connectivity index (χ3n) is 3.16. The highest BCUT2D eigenvalue weighted by atomic mass is 16.2. The normalized spacial score (nSPS) is 26.7. The Kier molecular flexibility index (Phi) is 4.14. The molecule has 3 nitrogen and oxygen atoms in total. The maximum atomic E-state index is 11.6. The molecule has 1 rings (SSSR count). The first kappa shape index (κ1) is 12.5. The summed E-state index contributed by atoms with van der Waals surface area (Å²) >= 11 is 0. The Hall–Kier alpha value is -0.570. The first-order valence-corrected chi connectivity index (χ1v) is 5.90. The van der Waals surface area contributed by atoms with Gasteiger partial charge in [0.25, 0.3) is 0 Å². The third kappa shape index (κ3) is 3.82. The van der Waals surface area contributed by atoms with Gasteiger partial charge in [-0.2, -0.15) is 0 Å². The van der Waals surface area contributed by atoms with Gasteiger partial charge >= 0.3 is 0 Å². The molecule has 1 fully saturated rings. The molecule has 88 valence electrons. The molecule has 0 aromatic heterocycles. The maximum Gasteiger partial charge on any atom is 0.225 e. The van der Waals surface area contributed by atoms with E-state index in [1.807, 2.05) is 20.8 Å². The van der Waals surface area contributed by atoms with Gasteiger partial charge in [-0.3, -0.25) is 4.79 Å². The van der Waals surface area contributed by atoms with E-state index in [0.29, 0.717) is 0 Å². The summed E-state index contributed by atoms with van der Waals surface area (Å²) in [5, 5.41) is 6.38. The van der Waals surface area contributed by atoms with E-state index in [4.69, 9.17) is 0 Å². The average molecular weight is 212 g/mol. The molecule has 15 heavy (non-hydrogen) atoms. The molecule has 3 heteroatoms. The van der Waals surface area contributed by atoms with Crippen molar-refractivity contribution in [2.24, 2.45) is 17.3 Å². The van der Waals surface area contributed by atoms with Gasteiger partial charge < -0.3 is 10.6 Å². The van der Waals surface area contributed by atoms with Gasteiger partial charge in [0.1, 0.15) is 0 Å². The Morgan fingerprint density at radius 2 is 2.07 bits per heavy atom. The molecule has 0 bridgehead atoms. The first-order chi connectivity index (χ1) is 6.91. The second-order valence-corrected chi connectivity index (χ2v) is 5.69. The number of nitrogens with one attached hydrogen (secondary N) is 2. The molecule has 0 unspecified atom stereocenters. The highest BCUT2D eigenvalue weighted by Crippen LogP contribution is 2.19. The van der Waals surface area contributed by atoms with Gasteiger partial charge in [-0.25, -0.2) is 0 Å². The van der Waals surface area contributed by atoms with E-state index in [1.54, 1.807) is 0 Å². The third-order valence-corrected chi connectivity index (χ3v) is 3.16. The van der Waals surface area contributed by atoms with Crippen LogP contribution >= 0.6 is 0 Å². The van der Waals surface area contributed by atoms with E-state index in [0.717, 1.165) is 37.9 Å². The van der Waals surface area contributed by atoms with Crippen LogP contribution in [0, 0.1) is 17.3 Å². The quantitative estimate of drug-likeness (QED) is 0.742. The fourth-order valence-electron chi connectivity index (χ4n) is 1.89. The predicted molar refractivity (Wildman–Crippen MR) is 62.6 cm³/mol. The van der Waals surface area contributed by atoms with Crippen molar-refractivity contribution in [3.05, 3.63) is 0 Å². The summed E-state index contributed by atoms with van der Waals surface area (Å²) in [6.45, 7) is 11.2. The number of hydrogen-bond acceptors (Lipinski definition) is 2. The SMILES string of the molecule is C[C@@H]1CNC[C@H]1CCNC(=O)C(C)(C)C. The molecule has 1 amide bonds. The number of rotatable bonds is 3. The first-order valence-electron chi connectivity index (χ1n) is 5.90. The molecule has 0 spiro atoms. The molecule has 1 heterocycles. The molecule has 2 N–H and O–H groups in total. The van der Waals surface area contributed by atoms with E-state index >= 15 is 0 Å². The summed E-state index contributed by atoms with van der Waals surface area (Å²) in [7, 11) is 0. The lowest BCUT2D eigenvalue weighted by atomic mass is 9.93. The molecule has 1 saturated heterocycles. The number of hydrogen-bond donors (Lipinski definition) is 2. The zero-order chi connectivity index (χ0) is 11.5. The molecule has 0 saturated carbocycles. The smallest absolute Gasteiger partial charge is 0.225 e. The highest BCUT2D eigenvalue weighted by molar-refractivity contribution is 5.81. The van der Waals surface area contributed by atoms with Gasteiger partial charge in [-0.05, 0) is 31.3 Å². The van der Waals surface area contributed by atoms with Crippen molar-refractivity contribution in [3.63, 3.8) is 0 Å². The molecular weight excluding hydrogens is 188 g/mol. The van der Waals surface area contributed by atoms with Crippen molar-refractivity contribution in [1.29, 1.82) is 0 Å². The van der Waals surface area contributed by atoms with E-state index in [1.165, 1.54) is 0 Å². The second kappa shape index (κ2) is 4.97. The number of carbonyl (C=O) groups is 1. The monoisotopic (exact) mass is 212 g/mol. The molecule has 1 aliphatic rings. The molecule has 0 aromatic rings. The van der Waals surface area contributed by atoms with E-state index in [9.17, 15) is 4.79 Å². The molecule has 1 aliphatic heterocycles. The van der Waals surface area contributed by atoms with Gasteiger partial charge in [-0.1, -0.05) is 27.7 Å². The summed E-state index contributed by atoms with van der Waals surface area (Å²) in [5.74, 6) is 1.63. The molecule has 0 radical (unpaired) electrons. The van der Waals surface area contributed by atoms with Crippen LogP contribution in [0.15, 0.2) is 0 Å². The Balaban J connectivity index is 2.19. The lowest BCUT2D eigenvalue weighted by molar-refractivity contribution is -0.128. The fourth-order valence-corrected chi connectivity index (χ4v) is 1.89. The minimum absolute atomic E-state index is 0.154. The predicted octanol–water partition coefficient (Wildman–Crippen LogP) is 1.39. The number of amides is 1. The van der Waals surface area contributed by atoms with Crippen LogP contribution in [-0.2, 0) is 4.79 Å². The minimum atomic E-state index is -0.264. The largest absolute Gasteiger partial charge is 0.356 e. The summed E-state index contributed by atoms with van der Waals surface area (Å²) in [5.41, 5.74) is -0.264. The Bertz CT molecular complexity index is 220. The van der Waals surface area contributed by atoms with Crippen LogP contribution in [0.3, 0.4) is 0 Å².